The van der Waals surface area contributed by atoms with Gasteiger partial charge in [0.15, 0.2) is 0 Å². The van der Waals surface area contributed by atoms with Gasteiger partial charge in [0.2, 0.25) is 0 Å². The molecule has 0 unspecified atom stereocenters. The minimum atomic E-state index is -4.37. The standard InChI is InChI=1S/C22H14N2O4S2/c25-21-20-19(17-8-4-5-9-18(17)29-20)24(30(27,28)23-21)22(26)16-12-10-15(11-13-16)14-6-2-1-3-7-14/h1-13H,(H,23,25). The summed E-state index contributed by atoms with van der Waals surface area (Å²) in [4.78, 5) is 25.8. The predicted molar refractivity (Wildman–Crippen MR) is 117 cm³/mol. The Morgan fingerprint density at radius 3 is 2.20 bits per heavy atom. The summed E-state index contributed by atoms with van der Waals surface area (Å²) in [5, 5.41) is 0.546. The summed E-state index contributed by atoms with van der Waals surface area (Å²) in [5.74, 6) is -1.45. The summed E-state index contributed by atoms with van der Waals surface area (Å²) in [6.45, 7) is 0. The summed E-state index contributed by atoms with van der Waals surface area (Å²) in [5.41, 5.74) is 2.20. The van der Waals surface area contributed by atoms with Crippen LogP contribution >= 0.6 is 11.3 Å². The largest absolute Gasteiger partial charge is 0.333 e. The van der Waals surface area contributed by atoms with Crippen LogP contribution in [0.5, 0.6) is 0 Å². The molecule has 2 heterocycles. The van der Waals surface area contributed by atoms with Gasteiger partial charge in [-0.25, -0.2) is 4.72 Å². The highest BCUT2D eigenvalue weighted by atomic mass is 32.2. The van der Waals surface area contributed by atoms with E-state index in [1.165, 1.54) is 0 Å². The Morgan fingerprint density at radius 1 is 0.833 bits per heavy atom. The fourth-order valence-electron chi connectivity index (χ4n) is 3.48. The molecule has 6 nitrogen and oxygen atoms in total. The molecule has 0 saturated heterocycles. The molecule has 5 rings (SSSR count). The number of thiophene rings is 1. The molecule has 0 aliphatic carbocycles. The lowest BCUT2D eigenvalue weighted by atomic mass is 10.0. The zero-order chi connectivity index (χ0) is 20.9. The maximum atomic E-state index is 13.3. The van der Waals surface area contributed by atoms with Crippen LogP contribution in [0, 0.1) is 0 Å². The first kappa shape index (κ1) is 18.5. The molecule has 1 aromatic heterocycles. The second-order valence-electron chi connectivity index (χ2n) is 6.73. The molecule has 0 fully saturated rings. The number of nitrogens with zero attached hydrogens (tertiary/aromatic N) is 1. The summed E-state index contributed by atoms with van der Waals surface area (Å²) >= 11 is 1.15. The maximum Gasteiger partial charge on any atom is 0.333 e. The first-order valence-corrected chi connectivity index (χ1v) is 11.3. The molecule has 0 radical (unpaired) electrons. The van der Waals surface area contributed by atoms with Gasteiger partial charge in [-0.2, -0.15) is 12.7 Å². The van der Waals surface area contributed by atoms with Crippen LogP contribution in [-0.2, 0) is 10.2 Å². The third kappa shape index (κ3) is 2.89. The monoisotopic (exact) mass is 434 g/mol. The van der Waals surface area contributed by atoms with Crippen LogP contribution in [0.1, 0.15) is 20.0 Å². The maximum absolute atomic E-state index is 13.3. The minimum absolute atomic E-state index is 0.108. The number of amides is 2. The Morgan fingerprint density at radius 2 is 1.47 bits per heavy atom. The van der Waals surface area contributed by atoms with E-state index in [9.17, 15) is 18.0 Å². The third-order valence-electron chi connectivity index (χ3n) is 4.86. The van der Waals surface area contributed by atoms with Crippen molar-refractivity contribution in [3.05, 3.63) is 89.3 Å². The molecule has 4 aromatic rings. The fraction of sp³-hybridized carbons (Fsp3) is 0. The van der Waals surface area contributed by atoms with E-state index in [1.807, 2.05) is 35.1 Å². The molecule has 148 valence electrons. The topological polar surface area (TPSA) is 83.6 Å². The Bertz CT molecular complexity index is 1410. The van der Waals surface area contributed by atoms with Crippen molar-refractivity contribution >= 4 is 49.1 Å². The van der Waals surface area contributed by atoms with Crippen LogP contribution in [0.4, 0.5) is 5.69 Å². The van der Waals surface area contributed by atoms with Crippen molar-refractivity contribution in [2.75, 3.05) is 4.31 Å². The number of benzene rings is 3. The van der Waals surface area contributed by atoms with Crippen LogP contribution in [-0.4, -0.2) is 20.2 Å². The number of carbonyl (C=O) groups excluding carboxylic acids is 2. The summed E-state index contributed by atoms with van der Waals surface area (Å²) in [6.07, 6.45) is 0. The number of carbonyl (C=O) groups is 2. The van der Waals surface area contributed by atoms with Gasteiger partial charge in [-0.1, -0.05) is 60.7 Å². The van der Waals surface area contributed by atoms with Gasteiger partial charge in [0, 0.05) is 15.6 Å². The summed E-state index contributed by atoms with van der Waals surface area (Å²) in [7, 11) is -4.37. The first-order chi connectivity index (χ1) is 14.5. The van der Waals surface area contributed by atoms with E-state index in [1.54, 1.807) is 48.5 Å². The molecular weight excluding hydrogens is 420 g/mol. The van der Waals surface area contributed by atoms with Gasteiger partial charge in [0.05, 0.1) is 5.69 Å². The van der Waals surface area contributed by atoms with Crippen molar-refractivity contribution in [2.24, 2.45) is 0 Å². The molecular formula is C22H14N2O4S2. The average molecular weight is 434 g/mol. The Hall–Kier alpha value is -3.49. The molecule has 1 aliphatic heterocycles. The fourth-order valence-corrected chi connectivity index (χ4v) is 5.87. The number of rotatable bonds is 2. The molecule has 3 aromatic carbocycles. The van der Waals surface area contributed by atoms with Gasteiger partial charge in [0.25, 0.3) is 11.8 Å². The van der Waals surface area contributed by atoms with Gasteiger partial charge in [-0.3, -0.25) is 9.59 Å². The normalized spacial score (nSPS) is 14.9. The molecule has 1 N–H and O–H groups in total. The number of hydrogen-bond acceptors (Lipinski definition) is 5. The van der Waals surface area contributed by atoms with E-state index in [0.29, 0.717) is 9.69 Å². The van der Waals surface area contributed by atoms with Crippen LogP contribution in [0.2, 0.25) is 0 Å². The van der Waals surface area contributed by atoms with Gasteiger partial charge in [0.1, 0.15) is 4.88 Å². The van der Waals surface area contributed by atoms with Gasteiger partial charge in [-0.05, 0) is 29.3 Å². The lowest BCUT2D eigenvalue weighted by Crippen LogP contribution is -2.50. The van der Waals surface area contributed by atoms with E-state index in [-0.39, 0.29) is 16.1 Å². The predicted octanol–water partition coefficient (Wildman–Crippen LogP) is 4.20. The quantitative estimate of drug-likeness (QED) is 0.512. The van der Waals surface area contributed by atoms with Crippen LogP contribution < -0.4 is 9.03 Å². The molecule has 1 aliphatic rings. The number of anilines is 1. The number of fused-ring (bicyclic) bond motifs is 3. The highest BCUT2D eigenvalue weighted by molar-refractivity contribution is 7.92. The summed E-state index contributed by atoms with van der Waals surface area (Å²) < 4.78 is 28.9. The van der Waals surface area contributed by atoms with E-state index >= 15 is 0 Å². The van der Waals surface area contributed by atoms with E-state index < -0.39 is 22.0 Å². The van der Waals surface area contributed by atoms with Gasteiger partial charge < -0.3 is 0 Å². The smallest absolute Gasteiger partial charge is 0.268 e. The molecule has 0 atom stereocenters. The van der Waals surface area contributed by atoms with Crippen LogP contribution in [0.25, 0.3) is 21.2 Å². The SMILES string of the molecule is O=C1NS(=O)(=O)N(C(=O)c2ccc(-c3ccccc3)cc2)c2c1sc1ccccc21. The molecule has 0 spiro atoms. The third-order valence-corrected chi connectivity index (χ3v) is 7.30. The summed E-state index contributed by atoms with van der Waals surface area (Å²) in [6, 6.07) is 23.4. The van der Waals surface area contributed by atoms with Crippen LogP contribution in [0.15, 0.2) is 78.9 Å². The molecule has 8 heteroatoms. The van der Waals surface area contributed by atoms with E-state index in [4.69, 9.17) is 0 Å². The van der Waals surface area contributed by atoms with E-state index in [2.05, 4.69) is 0 Å². The second kappa shape index (κ2) is 6.79. The van der Waals surface area contributed by atoms with Crippen molar-refractivity contribution in [1.29, 1.82) is 0 Å². The Kier molecular flexibility index (Phi) is 4.19. The number of hydrogen-bond donors (Lipinski definition) is 1. The molecule has 0 saturated carbocycles. The minimum Gasteiger partial charge on any atom is -0.268 e. The molecule has 0 bridgehead atoms. The van der Waals surface area contributed by atoms with Crippen molar-refractivity contribution in [3.8, 4) is 11.1 Å². The zero-order valence-corrected chi connectivity index (χ0v) is 17.0. The molecule has 2 amide bonds. The zero-order valence-electron chi connectivity index (χ0n) is 15.4. The van der Waals surface area contributed by atoms with Crippen LogP contribution in [0.3, 0.4) is 0 Å². The van der Waals surface area contributed by atoms with E-state index in [0.717, 1.165) is 27.2 Å². The first-order valence-electron chi connectivity index (χ1n) is 9.04. The van der Waals surface area contributed by atoms with Gasteiger partial charge >= 0.3 is 10.2 Å². The average Bonchev–Trinajstić information content (AvgIpc) is 3.14. The number of nitrogens with one attached hydrogen (secondary N) is 1. The van der Waals surface area contributed by atoms with Gasteiger partial charge in [-0.15, -0.1) is 11.3 Å². The molecule has 30 heavy (non-hydrogen) atoms. The Labute approximate surface area is 176 Å². The second-order valence-corrected chi connectivity index (χ2v) is 9.30. The van der Waals surface area contributed by atoms with Crippen molar-refractivity contribution < 1.29 is 18.0 Å². The van der Waals surface area contributed by atoms with Crippen molar-refractivity contribution in [3.63, 3.8) is 0 Å². The Balaban J connectivity index is 1.62. The highest BCUT2D eigenvalue weighted by Gasteiger charge is 2.41. The van der Waals surface area contributed by atoms with Crippen molar-refractivity contribution in [2.45, 2.75) is 0 Å². The van der Waals surface area contributed by atoms with Crippen molar-refractivity contribution in [1.82, 2.24) is 4.72 Å². The highest BCUT2D eigenvalue weighted by Crippen LogP contribution is 2.42. The lowest BCUT2D eigenvalue weighted by Gasteiger charge is -2.27. The lowest BCUT2D eigenvalue weighted by molar-refractivity contribution is 0.0979.